The number of esters is 1. The standard InChI is InChI=1S/C17H15FO5/c1-21-15-6-4-3-5-12(15)17(20)23-10-14(19)13-9-11(18)7-8-16(13)22-2/h3-9H,10H2,1-2H3. The van der Waals surface area contributed by atoms with Gasteiger partial charge < -0.3 is 14.2 Å². The van der Waals surface area contributed by atoms with Crippen LogP contribution >= 0.6 is 0 Å². The van der Waals surface area contributed by atoms with Crippen LogP contribution in [0.15, 0.2) is 42.5 Å². The predicted octanol–water partition coefficient (Wildman–Crippen LogP) is 2.88. The van der Waals surface area contributed by atoms with Crippen LogP contribution in [0.3, 0.4) is 0 Å². The van der Waals surface area contributed by atoms with E-state index in [1.54, 1.807) is 18.2 Å². The fourth-order valence-corrected chi connectivity index (χ4v) is 2.00. The number of carbonyl (C=O) groups is 2. The maximum Gasteiger partial charge on any atom is 0.342 e. The van der Waals surface area contributed by atoms with Crippen molar-refractivity contribution in [2.24, 2.45) is 0 Å². The predicted molar refractivity (Wildman–Crippen MR) is 80.6 cm³/mol. The molecule has 2 rings (SSSR count). The van der Waals surface area contributed by atoms with E-state index in [2.05, 4.69) is 0 Å². The Bertz CT molecular complexity index is 727. The Kier molecular flexibility index (Phi) is 5.30. The lowest BCUT2D eigenvalue weighted by Crippen LogP contribution is -2.15. The van der Waals surface area contributed by atoms with Gasteiger partial charge in [-0.2, -0.15) is 0 Å². The Labute approximate surface area is 132 Å². The molecule has 0 amide bonds. The van der Waals surface area contributed by atoms with E-state index in [9.17, 15) is 14.0 Å². The molecule has 0 radical (unpaired) electrons. The van der Waals surface area contributed by atoms with Crippen LogP contribution in [-0.2, 0) is 4.74 Å². The van der Waals surface area contributed by atoms with Gasteiger partial charge in [-0.05, 0) is 30.3 Å². The summed E-state index contributed by atoms with van der Waals surface area (Å²) in [5.41, 5.74) is 0.217. The molecule has 5 nitrogen and oxygen atoms in total. The summed E-state index contributed by atoms with van der Waals surface area (Å²) >= 11 is 0. The molecule has 6 heteroatoms. The quantitative estimate of drug-likeness (QED) is 0.605. The van der Waals surface area contributed by atoms with E-state index in [0.717, 1.165) is 6.07 Å². The van der Waals surface area contributed by atoms with Gasteiger partial charge in [0.15, 0.2) is 6.61 Å². The third-order valence-corrected chi connectivity index (χ3v) is 3.12. The topological polar surface area (TPSA) is 61.8 Å². The van der Waals surface area contributed by atoms with Crippen molar-refractivity contribution in [1.82, 2.24) is 0 Å². The van der Waals surface area contributed by atoms with Crippen molar-refractivity contribution in [1.29, 1.82) is 0 Å². The number of methoxy groups -OCH3 is 2. The Morgan fingerprint density at radius 1 is 0.957 bits per heavy atom. The average molecular weight is 318 g/mol. The van der Waals surface area contributed by atoms with Crippen LogP contribution in [-0.4, -0.2) is 32.6 Å². The molecule has 0 saturated heterocycles. The van der Waals surface area contributed by atoms with Crippen LogP contribution in [0.1, 0.15) is 20.7 Å². The van der Waals surface area contributed by atoms with Gasteiger partial charge in [0.1, 0.15) is 22.9 Å². The number of hydrogen-bond donors (Lipinski definition) is 0. The molecule has 0 aliphatic heterocycles. The fourth-order valence-electron chi connectivity index (χ4n) is 2.00. The highest BCUT2D eigenvalue weighted by Crippen LogP contribution is 2.21. The van der Waals surface area contributed by atoms with E-state index < -0.39 is 24.2 Å². The molecule has 0 spiro atoms. The molecule has 0 aromatic heterocycles. The Morgan fingerprint density at radius 2 is 1.61 bits per heavy atom. The maximum absolute atomic E-state index is 13.3. The Balaban J connectivity index is 2.10. The van der Waals surface area contributed by atoms with Crippen LogP contribution in [0, 0.1) is 5.82 Å². The van der Waals surface area contributed by atoms with Crippen molar-refractivity contribution < 1.29 is 28.2 Å². The number of halogens is 1. The normalized spacial score (nSPS) is 10.0. The van der Waals surface area contributed by atoms with Crippen molar-refractivity contribution >= 4 is 11.8 Å². The van der Waals surface area contributed by atoms with Gasteiger partial charge in [0, 0.05) is 0 Å². The highest BCUT2D eigenvalue weighted by Gasteiger charge is 2.18. The summed E-state index contributed by atoms with van der Waals surface area (Å²) in [6.45, 7) is -0.531. The van der Waals surface area contributed by atoms with E-state index in [4.69, 9.17) is 14.2 Å². The molecule has 0 heterocycles. The smallest absolute Gasteiger partial charge is 0.342 e. The van der Waals surface area contributed by atoms with Gasteiger partial charge in [-0.25, -0.2) is 9.18 Å². The second kappa shape index (κ2) is 7.40. The minimum absolute atomic E-state index is 0.0142. The first-order valence-corrected chi connectivity index (χ1v) is 6.73. The highest BCUT2D eigenvalue weighted by atomic mass is 19.1. The number of ketones is 1. The molecule has 0 aliphatic carbocycles. The van der Waals surface area contributed by atoms with Gasteiger partial charge in [0.2, 0.25) is 5.78 Å². The van der Waals surface area contributed by atoms with Crippen molar-refractivity contribution in [3.8, 4) is 11.5 Å². The highest BCUT2D eigenvalue weighted by molar-refractivity contribution is 6.01. The second-order valence-electron chi connectivity index (χ2n) is 4.54. The SMILES string of the molecule is COc1ccc(F)cc1C(=O)COC(=O)c1ccccc1OC. The summed E-state index contributed by atoms with van der Waals surface area (Å²) in [7, 11) is 2.79. The summed E-state index contributed by atoms with van der Waals surface area (Å²) in [5, 5.41) is 0. The second-order valence-corrected chi connectivity index (χ2v) is 4.54. The Hall–Kier alpha value is -2.89. The van der Waals surface area contributed by atoms with Gasteiger partial charge in [-0.15, -0.1) is 0 Å². The molecular weight excluding hydrogens is 303 g/mol. The van der Waals surface area contributed by atoms with Gasteiger partial charge in [-0.1, -0.05) is 12.1 Å². The number of Topliss-reactive ketones (excluding diaryl/α,β-unsaturated/α-hetero) is 1. The molecule has 2 aromatic rings. The molecule has 0 bridgehead atoms. The molecule has 0 aliphatic rings. The summed E-state index contributed by atoms with van der Waals surface area (Å²) in [6, 6.07) is 10.0. The zero-order valence-corrected chi connectivity index (χ0v) is 12.7. The van der Waals surface area contributed by atoms with Gasteiger partial charge in [-0.3, -0.25) is 4.79 Å². The molecule has 0 saturated carbocycles. The zero-order chi connectivity index (χ0) is 16.8. The van der Waals surface area contributed by atoms with Crippen LogP contribution < -0.4 is 9.47 Å². The van der Waals surface area contributed by atoms with Crippen LogP contribution in [0.2, 0.25) is 0 Å². The largest absolute Gasteiger partial charge is 0.496 e. The number of hydrogen-bond acceptors (Lipinski definition) is 5. The van der Waals surface area contributed by atoms with Gasteiger partial charge in [0.25, 0.3) is 0 Å². The van der Waals surface area contributed by atoms with Gasteiger partial charge in [0.05, 0.1) is 19.8 Å². The average Bonchev–Trinajstić information content (AvgIpc) is 2.59. The minimum atomic E-state index is -0.703. The third kappa shape index (κ3) is 3.85. The van der Waals surface area contributed by atoms with E-state index >= 15 is 0 Å². The maximum atomic E-state index is 13.3. The molecular formula is C17H15FO5. The van der Waals surface area contributed by atoms with E-state index in [0.29, 0.717) is 5.75 Å². The van der Waals surface area contributed by atoms with E-state index in [1.807, 2.05) is 0 Å². The van der Waals surface area contributed by atoms with Gasteiger partial charge >= 0.3 is 5.97 Å². The molecule has 0 atom stereocenters. The first-order chi connectivity index (χ1) is 11.1. The Morgan fingerprint density at radius 3 is 2.30 bits per heavy atom. The van der Waals surface area contributed by atoms with Crippen molar-refractivity contribution in [2.75, 3.05) is 20.8 Å². The first-order valence-electron chi connectivity index (χ1n) is 6.73. The summed E-state index contributed by atoms with van der Waals surface area (Å²) in [6.07, 6.45) is 0. The van der Waals surface area contributed by atoms with E-state index in [-0.39, 0.29) is 16.9 Å². The lowest BCUT2D eigenvalue weighted by atomic mass is 10.1. The zero-order valence-electron chi connectivity index (χ0n) is 12.7. The number of para-hydroxylation sites is 1. The fraction of sp³-hybridized carbons (Fsp3) is 0.176. The number of rotatable bonds is 6. The summed E-state index contributed by atoms with van der Waals surface area (Å²) in [4.78, 5) is 24.1. The van der Waals surface area contributed by atoms with E-state index in [1.165, 1.54) is 32.4 Å². The molecule has 0 N–H and O–H groups in total. The first kappa shape index (κ1) is 16.5. The lowest BCUT2D eigenvalue weighted by molar-refractivity contribution is 0.0470. The molecule has 2 aromatic carbocycles. The molecule has 0 unspecified atom stereocenters. The molecule has 120 valence electrons. The molecule has 23 heavy (non-hydrogen) atoms. The van der Waals surface area contributed by atoms with Crippen LogP contribution in [0.4, 0.5) is 4.39 Å². The summed E-state index contributed by atoms with van der Waals surface area (Å²) in [5.74, 6) is -1.29. The van der Waals surface area contributed by atoms with Crippen LogP contribution in [0.5, 0.6) is 11.5 Å². The lowest BCUT2D eigenvalue weighted by Gasteiger charge is -2.10. The minimum Gasteiger partial charge on any atom is -0.496 e. The van der Waals surface area contributed by atoms with Crippen LogP contribution in [0.25, 0.3) is 0 Å². The summed E-state index contributed by atoms with van der Waals surface area (Å²) < 4.78 is 28.3. The van der Waals surface area contributed by atoms with Crippen molar-refractivity contribution in [3.63, 3.8) is 0 Å². The third-order valence-electron chi connectivity index (χ3n) is 3.12. The number of benzene rings is 2. The monoisotopic (exact) mass is 318 g/mol. The molecule has 0 fully saturated rings. The van der Waals surface area contributed by atoms with Crippen molar-refractivity contribution in [3.05, 3.63) is 59.4 Å². The van der Waals surface area contributed by atoms with Crippen molar-refractivity contribution in [2.45, 2.75) is 0 Å². The number of ether oxygens (including phenoxy) is 3. The number of carbonyl (C=O) groups excluding carboxylic acids is 2.